The van der Waals surface area contributed by atoms with Gasteiger partial charge in [-0.1, -0.05) is 17.7 Å². The zero-order valence-corrected chi connectivity index (χ0v) is 15.9. The molecule has 0 amide bonds. The highest BCUT2D eigenvalue weighted by molar-refractivity contribution is 6.30. The average molecular weight is 387 g/mol. The second-order valence-corrected chi connectivity index (χ2v) is 7.60. The summed E-state index contributed by atoms with van der Waals surface area (Å²) in [5.74, 6) is -0.275. The number of piperazine rings is 1. The van der Waals surface area contributed by atoms with E-state index in [0.29, 0.717) is 17.5 Å². The predicted molar refractivity (Wildman–Crippen MR) is 107 cm³/mol. The molecule has 0 spiro atoms. The molecule has 0 bridgehead atoms. The first kappa shape index (κ1) is 18.0. The van der Waals surface area contributed by atoms with Crippen molar-refractivity contribution in [1.82, 2.24) is 4.98 Å². The number of Topliss-reactive ketones (excluding diaryl/α,β-unsaturated/α-hetero) is 1. The number of carbonyl (C=O) groups excluding carboxylic acids is 1. The largest absolute Gasteiger partial charge is 0.360 e. The van der Waals surface area contributed by atoms with E-state index in [1.165, 1.54) is 28.3 Å². The molecular formula is C21H22ClFN3O+. The van der Waals surface area contributed by atoms with Crippen LogP contribution in [0.15, 0.2) is 42.6 Å². The van der Waals surface area contributed by atoms with E-state index in [2.05, 4.69) is 16.8 Å². The number of ketones is 1. The van der Waals surface area contributed by atoms with Crippen LogP contribution in [0.5, 0.6) is 0 Å². The molecule has 1 aliphatic rings. The predicted octanol–water partition coefficient (Wildman–Crippen LogP) is 2.86. The van der Waals surface area contributed by atoms with Gasteiger partial charge in [-0.2, -0.15) is 0 Å². The zero-order chi connectivity index (χ0) is 19.0. The van der Waals surface area contributed by atoms with Gasteiger partial charge in [0.15, 0.2) is 0 Å². The van der Waals surface area contributed by atoms with Crippen molar-refractivity contribution in [3.05, 3.63) is 64.6 Å². The summed E-state index contributed by atoms with van der Waals surface area (Å²) in [5, 5.41) is 1.40. The average Bonchev–Trinajstić information content (AvgIpc) is 3.07. The van der Waals surface area contributed by atoms with Crippen molar-refractivity contribution in [2.45, 2.75) is 6.92 Å². The van der Waals surface area contributed by atoms with Crippen molar-refractivity contribution in [2.24, 2.45) is 0 Å². The van der Waals surface area contributed by atoms with Crippen LogP contribution in [-0.4, -0.2) is 43.5 Å². The van der Waals surface area contributed by atoms with E-state index in [9.17, 15) is 9.18 Å². The summed E-state index contributed by atoms with van der Waals surface area (Å²) in [6.07, 6.45) is 1.69. The fourth-order valence-corrected chi connectivity index (χ4v) is 3.98. The fourth-order valence-electron chi connectivity index (χ4n) is 3.81. The molecule has 2 aromatic carbocycles. The van der Waals surface area contributed by atoms with Crippen LogP contribution in [0.4, 0.5) is 10.1 Å². The van der Waals surface area contributed by atoms with Crippen LogP contribution in [0, 0.1) is 12.7 Å². The molecule has 6 heteroatoms. The molecule has 3 aromatic rings. The van der Waals surface area contributed by atoms with Gasteiger partial charge in [-0.25, -0.2) is 4.39 Å². The monoisotopic (exact) mass is 386 g/mol. The number of nitrogens with zero attached hydrogens (tertiary/aromatic N) is 1. The topological polar surface area (TPSA) is 40.5 Å². The second kappa shape index (κ2) is 7.33. The second-order valence-electron chi connectivity index (χ2n) is 7.16. The molecule has 0 radical (unpaired) electrons. The molecule has 27 heavy (non-hydrogen) atoms. The van der Waals surface area contributed by atoms with Crippen LogP contribution in [0.3, 0.4) is 0 Å². The number of aromatic nitrogens is 1. The van der Waals surface area contributed by atoms with E-state index in [0.717, 1.165) is 36.7 Å². The standard InChI is InChI=1S/C21H21ClFN3O/c1-14-2-3-15(22)10-20(14)26-8-6-25(7-9-26)13-21(27)18-12-24-19-5-4-16(23)11-17(18)19/h2-5,10-12,24H,6-9,13H2,1H3/p+1. The lowest BCUT2D eigenvalue weighted by Gasteiger charge is -2.34. The lowest BCUT2D eigenvalue weighted by molar-refractivity contribution is -0.892. The summed E-state index contributed by atoms with van der Waals surface area (Å²) in [6, 6.07) is 10.4. The number of hydrogen-bond donors (Lipinski definition) is 2. The third-order valence-corrected chi connectivity index (χ3v) is 5.57. The van der Waals surface area contributed by atoms with Crippen molar-refractivity contribution in [3.63, 3.8) is 0 Å². The Kier molecular flexibility index (Phi) is 4.89. The number of rotatable bonds is 4. The minimum atomic E-state index is -0.325. The first-order valence-corrected chi connectivity index (χ1v) is 9.53. The Morgan fingerprint density at radius 1 is 1.22 bits per heavy atom. The lowest BCUT2D eigenvalue weighted by Crippen LogP contribution is -3.15. The molecular weight excluding hydrogens is 365 g/mol. The van der Waals surface area contributed by atoms with Gasteiger partial charge < -0.3 is 14.8 Å². The number of fused-ring (bicyclic) bond motifs is 1. The molecule has 4 nitrogen and oxygen atoms in total. The highest BCUT2D eigenvalue weighted by atomic mass is 35.5. The van der Waals surface area contributed by atoms with Crippen LogP contribution in [0.25, 0.3) is 10.9 Å². The molecule has 1 aliphatic heterocycles. The number of aryl methyl sites for hydroxylation is 1. The van der Waals surface area contributed by atoms with E-state index in [4.69, 9.17) is 11.6 Å². The van der Waals surface area contributed by atoms with Crippen LogP contribution in [-0.2, 0) is 0 Å². The van der Waals surface area contributed by atoms with E-state index in [1.807, 2.05) is 18.2 Å². The fraction of sp³-hybridized carbons (Fsp3) is 0.286. The number of quaternary nitrogens is 1. The van der Waals surface area contributed by atoms with Gasteiger partial charge in [-0.15, -0.1) is 0 Å². The van der Waals surface area contributed by atoms with E-state index < -0.39 is 0 Å². The van der Waals surface area contributed by atoms with Gasteiger partial charge >= 0.3 is 0 Å². The van der Waals surface area contributed by atoms with Gasteiger partial charge in [0.05, 0.1) is 26.2 Å². The summed E-state index contributed by atoms with van der Waals surface area (Å²) in [7, 11) is 0. The Balaban J connectivity index is 1.42. The number of nitrogens with one attached hydrogen (secondary N) is 2. The van der Waals surface area contributed by atoms with Gasteiger partial charge in [0, 0.05) is 33.4 Å². The highest BCUT2D eigenvalue weighted by Gasteiger charge is 2.25. The number of H-pyrrole nitrogens is 1. The summed E-state index contributed by atoms with van der Waals surface area (Å²) >= 11 is 6.14. The Morgan fingerprint density at radius 2 is 2.00 bits per heavy atom. The number of anilines is 1. The molecule has 1 saturated heterocycles. The van der Waals surface area contributed by atoms with Crippen molar-refractivity contribution in [1.29, 1.82) is 0 Å². The number of carbonyl (C=O) groups is 1. The quantitative estimate of drug-likeness (QED) is 0.677. The van der Waals surface area contributed by atoms with Crippen molar-refractivity contribution < 1.29 is 14.1 Å². The normalized spacial score (nSPS) is 15.4. The Morgan fingerprint density at radius 3 is 2.78 bits per heavy atom. The summed E-state index contributed by atoms with van der Waals surface area (Å²) < 4.78 is 13.5. The minimum Gasteiger partial charge on any atom is -0.360 e. The van der Waals surface area contributed by atoms with E-state index in [1.54, 1.807) is 12.3 Å². The smallest absolute Gasteiger partial charge is 0.219 e. The van der Waals surface area contributed by atoms with Gasteiger partial charge in [0.2, 0.25) is 5.78 Å². The van der Waals surface area contributed by atoms with Crippen molar-refractivity contribution >= 4 is 34.0 Å². The van der Waals surface area contributed by atoms with Crippen LogP contribution >= 0.6 is 11.6 Å². The van der Waals surface area contributed by atoms with E-state index >= 15 is 0 Å². The van der Waals surface area contributed by atoms with Gasteiger partial charge in [-0.3, -0.25) is 4.79 Å². The molecule has 0 saturated carbocycles. The SMILES string of the molecule is Cc1ccc(Cl)cc1N1CC[NH+](CC(=O)c2c[nH]c3ccc(F)cc23)CC1. The summed E-state index contributed by atoms with van der Waals surface area (Å²) in [6.45, 7) is 6.04. The molecule has 0 unspecified atom stereocenters. The highest BCUT2D eigenvalue weighted by Crippen LogP contribution is 2.24. The molecule has 1 aromatic heterocycles. The minimum absolute atomic E-state index is 0.0502. The van der Waals surface area contributed by atoms with Crippen molar-refractivity contribution in [2.75, 3.05) is 37.6 Å². The molecule has 140 valence electrons. The van der Waals surface area contributed by atoms with Crippen LogP contribution < -0.4 is 9.80 Å². The maximum absolute atomic E-state index is 13.5. The Labute approximate surface area is 162 Å². The van der Waals surface area contributed by atoms with Gasteiger partial charge in [0.25, 0.3) is 0 Å². The molecule has 2 heterocycles. The summed E-state index contributed by atoms with van der Waals surface area (Å²) in [5.41, 5.74) is 3.74. The molecule has 0 atom stereocenters. The number of benzene rings is 2. The van der Waals surface area contributed by atoms with E-state index in [-0.39, 0.29) is 11.6 Å². The third-order valence-electron chi connectivity index (χ3n) is 5.34. The Hall–Kier alpha value is -2.37. The zero-order valence-electron chi connectivity index (χ0n) is 15.2. The molecule has 1 fully saturated rings. The maximum Gasteiger partial charge on any atom is 0.219 e. The number of aromatic amines is 1. The van der Waals surface area contributed by atoms with Gasteiger partial charge in [-0.05, 0) is 42.8 Å². The first-order chi connectivity index (χ1) is 13.0. The van der Waals surface area contributed by atoms with Crippen LogP contribution in [0.2, 0.25) is 5.02 Å². The first-order valence-electron chi connectivity index (χ1n) is 9.16. The van der Waals surface area contributed by atoms with Gasteiger partial charge in [0.1, 0.15) is 12.4 Å². The van der Waals surface area contributed by atoms with Crippen molar-refractivity contribution in [3.8, 4) is 0 Å². The van der Waals surface area contributed by atoms with Crippen LogP contribution in [0.1, 0.15) is 15.9 Å². The molecule has 0 aliphatic carbocycles. The lowest BCUT2D eigenvalue weighted by atomic mass is 10.1. The Bertz CT molecular complexity index is 992. The number of hydrogen-bond acceptors (Lipinski definition) is 2. The molecule has 2 N–H and O–H groups in total. The maximum atomic E-state index is 13.5. The number of halogens is 2. The molecule has 4 rings (SSSR count). The summed E-state index contributed by atoms with van der Waals surface area (Å²) in [4.78, 5) is 19.4. The third kappa shape index (κ3) is 3.70.